The van der Waals surface area contributed by atoms with E-state index in [9.17, 15) is 9.59 Å². The summed E-state index contributed by atoms with van der Waals surface area (Å²) in [7, 11) is 0. The van der Waals surface area contributed by atoms with Crippen molar-refractivity contribution < 1.29 is 14.7 Å². The fourth-order valence-corrected chi connectivity index (χ4v) is 3.39. The Labute approximate surface area is 94.4 Å². The van der Waals surface area contributed by atoms with Crippen molar-refractivity contribution in [2.45, 2.75) is 44.6 Å². The van der Waals surface area contributed by atoms with Gasteiger partial charge in [0.15, 0.2) is 0 Å². The molecule has 4 nitrogen and oxygen atoms in total. The van der Waals surface area contributed by atoms with Gasteiger partial charge in [-0.15, -0.1) is 0 Å². The number of carboxylic acid groups (broad SMARTS) is 1. The zero-order chi connectivity index (χ0) is 11.3. The predicted octanol–water partition coefficient (Wildman–Crippen LogP) is 1.16. The van der Waals surface area contributed by atoms with Gasteiger partial charge < -0.3 is 10.4 Å². The lowest BCUT2D eigenvalue weighted by atomic mass is 9.94. The van der Waals surface area contributed by atoms with E-state index in [1.807, 2.05) is 0 Å². The molecule has 88 valence electrons. The quantitative estimate of drug-likeness (QED) is 0.705. The first kappa shape index (κ1) is 10.1. The topological polar surface area (TPSA) is 66.4 Å². The maximum absolute atomic E-state index is 11.9. The molecular formula is C12H17NO3. The minimum atomic E-state index is -1.07. The Kier molecular flexibility index (Phi) is 2.03. The summed E-state index contributed by atoms with van der Waals surface area (Å²) in [5.41, 5.74) is -1.07. The van der Waals surface area contributed by atoms with Crippen molar-refractivity contribution in [3.8, 4) is 0 Å². The summed E-state index contributed by atoms with van der Waals surface area (Å²) >= 11 is 0. The molecule has 0 aliphatic heterocycles. The summed E-state index contributed by atoms with van der Waals surface area (Å²) in [6.45, 7) is 0. The van der Waals surface area contributed by atoms with Gasteiger partial charge in [0, 0.05) is 6.04 Å². The average molecular weight is 223 g/mol. The van der Waals surface area contributed by atoms with Crippen molar-refractivity contribution in [1.82, 2.24) is 5.32 Å². The highest BCUT2D eigenvalue weighted by Crippen LogP contribution is 2.48. The van der Waals surface area contributed by atoms with Gasteiger partial charge in [-0.2, -0.15) is 0 Å². The van der Waals surface area contributed by atoms with Crippen LogP contribution in [0.5, 0.6) is 0 Å². The van der Waals surface area contributed by atoms with E-state index < -0.39 is 11.4 Å². The highest BCUT2D eigenvalue weighted by Gasteiger charge is 2.58. The molecule has 3 aliphatic rings. The van der Waals surface area contributed by atoms with Gasteiger partial charge >= 0.3 is 5.97 Å². The van der Waals surface area contributed by atoms with E-state index in [2.05, 4.69) is 5.32 Å². The van der Waals surface area contributed by atoms with Crippen molar-refractivity contribution in [1.29, 1.82) is 0 Å². The van der Waals surface area contributed by atoms with Crippen LogP contribution in [0, 0.1) is 17.3 Å². The summed E-state index contributed by atoms with van der Waals surface area (Å²) in [6, 6.07) is 0.253. The number of amides is 1. The lowest BCUT2D eigenvalue weighted by molar-refractivity contribution is -0.149. The highest BCUT2D eigenvalue weighted by molar-refractivity contribution is 6.04. The maximum Gasteiger partial charge on any atom is 0.319 e. The largest absolute Gasteiger partial charge is 0.480 e. The molecule has 2 N–H and O–H groups in total. The second-order valence-corrected chi connectivity index (χ2v) is 5.64. The zero-order valence-electron chi connectivity index (χ0n) is 9.24. The fourth-order valence-electron chi connectivity index (χ4n) is 3.39. The third-order valence-corrected chi connectivity index (χ3v) is 4.65. The molecule has 0 saturated heterocycles. The number of hydrogen-bond acceptors (Lipinski definition) is 2. The SMILES string of the molecule is O=C(O)C1(C(=O)NC2CC3CCC2C3)CC1. The van der Waals surface area contributed by atoms with Crippen LogP contribution in [0.25, 0.3) is 0 Å². The predicted molar refractivity (Wildman–Crippen MR) is 56.7 cm³/mol. The van der Waals surface area contributed by atoms with Crippen LogP contribution in [-0.2, 0) is 9.59 Å². The molecule has 16 heavy (non-hydrogen) atoms. The lowest BCUT2D eigenvalue weighted by Gasteiger charge is -2.24. The van der Waals surface area contributed by atoms with E-state index in [1.54, 1.807) is 0 Å². The number of rotatable bonds is 3. The molecule has 0 aromatic carbocycles. The second-order valence-electron chi connectivity index (χ2n) is 5.64. The average Bonchev–Trinajstić information content (AvgIpc) is 2.83. The molecule has 2 bridgehead atoms. The third-order valence-electron chi connectivity index (χ3n) is 4.65. The molecule has 3 unspecified atom stereocenters. The van der Waals surface area contributed by atoms with Crippen molar-refractivity contribution in [2.24, 2.45) is 17.3 Å². The zero-order valence-corrected chi connectivity index (χ0v) is 9.24. The van der Waals surface area contributed by atoms with Gasteiger partial charge in [-0.25, -0.2) is 0 Å². The highest BCUT2D eigenvalue weighted by atomic mass is 16.4. The van der Waals surface area contributed by atoms with Crippen molar-refractivity contribution >= 4 is 11.9 Å². The van der Waals surface area contributed by atoms with Gasteiger partial charge in [-0.05, 0) is 43.9 Å². The number of carbonyl (C=O) groups is 2. The van der Waals surface area contributed by atoms with Crippen LogP contribution in [0.4, 0.5) is 0 Å². The molecule has 0 aromatic heterocycles. The Balaban J connectivity index is 1.63. The van der Waals surface area contributed by atoms with E-state index in [-0.39, 0.29) is 11.9 Å². The van der Waals surface area contributed by atoms with Crippen LogP contribution in [-0.4, -0.2) is 23.0 Å². The van der Waals surface area contributed by atoms with Gasteiger partial charge in [-0.1, -0.05) is 6.42 Å². The number of fused-ring (bicyclic) bond motifs is 2. The Morgan fingerprint density at radius 3 is 2.38 bits per heavy atom. The molecule has 3 saturated carbocycles. The minimum Gasteiger partial charge on any atom is -0.480 e. The first-order valence-electron chi connectivity index (χ1n) is 6.16. The monoisotopic (exact) mass is 223 g/mol. The van der Waals surface area contributed by atoms with Crippen LogP contribution < -0.4 is 5.32 Å². The number of carbonyl (C=O) groups excluding carboxylic acids is 1. The summed E-state index contributed by atoms with van der Waals surface area (Å²) in [5, 5.41) is 12.0. The van der Waals surface area contributed by atoms with E-state index in [0.29, 0.717) is 18.8 Å². The Bertz CT molecular complexity index is 348. The van der Waals surface area contributed by atoms with Crippen LogP contribution in [0.3, 0.4) is 0 Å². The van der Waals surface area contributed by atoms with Gasteiger partial charge in [0.25, 0.3) is 0 Å². The van der Waals surface area contributed by atoms with Gasteiger partial charge in [-0.3, -0.25) is 9.59 Å². The number of carboxylic acids is 1. The molecule has 0 aromatic rings. The normalized spacial score (nSPS) is 38.4. The Morgan fingerprint density at radius 2 is 1.94 bits per heavy atom. The molecule has 4 heteroatoms. The van der Waals surface area contributed by atoms with E-state index in [1.165, 1.54) is 19.3 Å². The molecule has 3 rings (SSSR count). The molecular weight excluding hydrogens is 206 g/mol. The second kappa shape index (κ2) is 3.22. The van der Waals surface area contributed by atoms with Crippen molar-refractivity contribution in [2.75, 3.05) is 0 Å². The van der Waals surface area contributed by atoms with Gasteiger partial charge in [0.1, 0.15) is 5.41 Å². The van der Waals surface area contributed by atoms with E-state index in [4.69, 9.17) is 5.11 Å². The number of aliphatic carboxylic acids is 1. The van der Waals surface area contributed by atoms with Gasteiger partial charge in [0.05, 0.1) is 0 Å². The maximum atomic E-state index is 11.9. The standard InChI is InChI=1S/C12H17NO3/c14-10(12(3-4-12)11(15)16)13-9-6-7-1-2-8(9)5-7/h7-9H,1-6H2,(H,13,14)(H,15,16). The summed E-state index contributed by atoms with van der Waals surface area (Å²) in [6.07, 6.45) is 5.80. The van der Waals surface area contributed by atoms with Crippen LogP contribution in [0.15, 0.2) is 0 Å². The summed E-state index contributed by atoms with van der Waals surface area (Å²) in [5.74, 6) is 0.194. The molecule has 1 amide bonds. The molecule has 0 radical (unpaired) electrons. The van der Waals surface area contributed by atoms with E-state index >= 15 is 0 Å². The molecule has 0 heterocycles. The van der Waals surface area contributed by atoms with Gasteiger partial charge in [0.2, 0.25) is 5.91 Å². The van der Waals surface area contributed by atoms with E-state index in [0.717, 1.165) is 12.3 Å². The first-order valence-corrected chi connectivity index (χ1v) is 6.16. The Morgan fingerprint density at radius 1 is 1.19 bits per heavy atom. The molecule has 0 spiro atoms. The van der Waals surface area contributed by atoms with Crippen molar-refractivity contribution in [3.63, 3.8) is 0 Å². The van der Waals surface area contributed by atoms with Crippen LogP contribution in [0.1, 0.15) is 38.5 Å². The summed E-state index contributed by atoms with van der Waals surface area (Å²) in [4.78, 5) is 22.9. The van der Waals surface area contributed by atoms with Crippen LogP contribution >= 0.6 is 0 Å². The minimum absolute atomic E-state index is 0.238. The smallest absolute Gasteiger partial charge is 0.319 e. The first-order chi connectivity index (χ1) is 7.62. The number of nitrogens with one attached hydrogen (secondary N) is 1. The molecule has 3 aliphatic carbocycles. The summed E-state index contributed by atoms with van der Waals surface area (Å²) < 4.78 is 0. The van der Waals surface area contributed by atoms with Crippen molar-refractivity contribution in [3.05, 3.63) is 0 Å². The number of hydrogen-bond donors (Lipinski definition) is 2. The molecule has 3 fully saturated rings. The van der Waals surface area contributed by atoms with Crippen LogP contribution in [0.2, 0.25) is 0 Å². The fraction of sp³-hybridized carbons (Fsp3) is 0.833. The lowest BCUT2D eigenvalue weighted by Crippen LogP contribution is -2.44. The Hall–Kier alpha value is -1.06. The third kappa shape index (κ3) is 1.35. The molecule has 3 atom stereocenters.